The molecule has 2 N–H and O–H groups in total. The summed E-state index contributed by atoms with van der Waals surface area (Å²) in [5.41, 5.74) is 10.2. The lowest BCUT2D eigenvalue weighted by atomic mass is 9.95. The third-order valence-electron chi connectivity index (χ3n) is 8.40. The van der Waals surface area contributed by atoms with Crippen LogP contribution in [-0.2, 0) is 6.42 Å². The lowest BCUT2D eigenvalue weighted by Gasteiger charge is -2.13. The van der Waals surface area contributed by atoms with E-state index in [0.29, 0.717) is 17.2 Å². The second kappa shape index (κ2) is 19.1. The Hall–Kier alpha value is -3.26. The van der Waals surface area contributed by atoms with E-state index < -0.39 is 0 Å². The Kier molecular flexibility index (Phi) is 16.0. The molecule has 0 aromatic heterocycles. The van der Waals surface area contributed by atoms with Crippen molar-refractivity contribution in [2.75, 3.05) is 0 Å². The number of allylic oxidation sites excluding steroid dienone is 12. The molecule has 0 amide bonds. The summed E-state index contributed by atoms with van der Waals surface area (Å²) in [5.74, 6) is 0.549. The highest BCUT2D eigenvalue weighted by molar-refractivity contribution is 5.95. The number of aromatic hydroxyl groups is 2. The average Bonchev–Trinajstić information content (AvgIpc) is 2.95. The van der Waals surface area contributed by atoms with Crippen LogP contribution in [0.1, 0.15) is 124 Å². The van der Waals surface area contributed by atoms with Crippen LogP contribution in [0.25, 0.3) is 10.8 Å². The van der Waals surface area contributed by atoms with Crippen molar-refractivity contribution in [3.8, 4) is 11.5 Å². The molecule has 2 heteroatoms. The minimum Gasteiger partial charge on any atom is -0.507 e. The fourth-order valence-electron chi connectivity index (χ4n) is 5.39. The normalized spacial score (nSPS) is 13.6. The highest BCUT2D eigenvalue weighted by Crippen LogP contribution is 2.39. The average molecular weight is 583 g/mol. The number of phenolic OH excluding ortho intramolecular Hbond substituents is 2. The molecule has 0 spiro atoms. The van der Waals surface area contributed by atoms with Crippen LogP contribution in [0.3, 0.4) is 0 Å². The molecule has 0 radical (unpaired) electrons. The quantitative estimate of drug-likeness (QED) is 0.144. The first kappa shape index (κ1) is 35.9. The van der Waals surface area contributed by atoms with Gasteiger partial charge >= 0.3 is 0 Å². The summed E-state index contributed by atoms with van der Waals surface area (Å²) in [4.78, 5) is 0. The van der Waals surface area contributed by atoms with Crippen molar-refractivity contribution < 1.29 is 10.2 Å². The van der Waals surface area contributed by atoms with Crippen molar-refractivity contribution in [2.24, 2.45) is 0 Å². The van der Waals surface area contributed by atoms with Gasteiger partial charge in [-0.25, -0.2) is 0 Å². The Morgan fingerprint density at radius 2 is 0.860 bits per heavy atom. The van der Waals surface area contributed by atoms with Gasteiger partial charge in [0, 0.05) is 16.3 Å². The van der Waals surface area contributed by atoms with Crippen LogP contribution in [0.2, 0.25) is 0 Å². The van der Waals surface area contributed by atoms with Gasteiger partial charge in [0.2, 0.25) is 0 Å². The van der Waals surface area contributed by atoms with Gasteiger partial charge in [-0.2, -0.15) is 0 Å². The molecule has 0 aliphatic carbocycles. The number of hydrogen-bond acceptors (Lipinski definition) is 2. The summed E-state index contributed by atoms with van der Waals surface area (Å²) in [6.07, 6.45) is 25.9. The maximum absolute atomic E-state index is 10.8. The fraction of sp³-hybridized carbons (Fsp3) is 0.463. The highest BCUT2D eigenvalue weighted by Gasteiger charge is 2.14. The second-order valence-corrected chi connectivity index (χ2v) is 12.8. The van der Waals surface area contributed by atoms with Gasteiger partial charge in [0.15, 0.2) is 0 Å². The molecule has 0 saturated heterocycles. The first-order valence-electron chi connectivity index (χ1n) is 16.3. The smallest absolute Gasteiger partial charge is 0.127 e. The van der Waals surface area contributed by atoms with E-state index in [1.807, 2.05) is 31.2 Å². The molecule has 0 fully saturated rings. The fourth-order valence-corrected chi connectivity index (χ4v) is 5.39. The van der Waals surface area contributed by atoms with Gasteiger partial charge in [0.05, 0.1) is 0 Å². The summed E-state index contributed by atoms with van der Waals surface area (Å²) in [7, 11) is 0. The number of benzene rings is 2. The van der Waals surface area contributed by atoms with E-state index >= 15 is 0 Å². The molecule has 0 bridgehead atoms. The molecule has 0 atom stereocenters. The largest absolute Gasteiger partial charge is 0.507 e. The van der Waals surface area contributed by atoms with Crippen molar-refractivity contribution in [1.82, 2.24) is 0 Å². The first-order chi connectivity index (χ1) is 20.5. The number of fused-ring (bicyclic) bond motifs is 1. The second-order valence-electron chi connectivity index (χ2n) is 12.8. The van der Waals surface area contributed by atoms with Crippen molar-refractivity contribution in [2.45, 2.75) is 126 Å². The maximum Gasteiger partial charge on any atom is 0.127 e. The van der Waals surface area contributed by atoms with E-state index in [9.17, 15) is 10.2 Å². The molecule has 0 saturated carbocycles. The lowest BCUT2D eigenvalue weighted by molar-refractivity contribution is 0.461. The van der Waals surface area contributed by atoms with E-state index in [4.69, 9.17) is 0 Å². The van der Waals surface area contributed by atoms with E-state index in [1.165, 1.54) is 39.9 Å². The minimum absolute atomic E-state index is 0.267. The standard InChI is InChI=1S/C41H58O2/c1-30(2)16-11-17-31(3)18-12-19-32(4)20-13-21-33(5)22-14-23-34(6)24-15-25-35(7)28-29-37-36(8)40(42)38-26-9-10-27-39(38)41(37)43/h9-10,16,18,20,22,24,26-28,42-43H,11-15,17,19,21,23,25,29H2,1-8H3. The van der Waals surface area contributed by atoms with Gasteiger partial charge in [-0.3, -0.25) is 0 Å². The molecule has 0 heterocycles. The van der Waals surface area contributed by atoms with Crippen molar-refractivity contribution in [1.29, 1.82) is 0 Å². The number of phenols is 2. The topological polar surface area (TPSA) is 40.5 Å². The Balaban J connectivity index is 1.71. The maximum atomic E-state index is 10.8. The van der Waals surface area contributed by atoms with Crippen LogP contribution >= 0.6 is 0 Å². The predicted octanol–water partition coefficient (Wildman–Crippen LogP) is 12.7. The lowest BCUT2D eigenvalue weighted by Crippen LogP contribution is -1.92. The molecule has 2 aromatic rings. The van der Waals surface area contributed by atoms with Gasteiger partial charge < -0.3 is 10.2 Å². The molecule has 2 nitrogen and oxygen atoms in total. The summed E-state index contributed by atoms with van der Waals surface area (Å²) >= 11 is 0. The van der Waals surface area contributed by atoms with E-state index in [1.54, 1.807) is 0 Å². The summed E-state index contributed by atoms with van der Waals surface area (Å²) in [6.45, 7) is 17.4. The molecule has 0 unspecified atom stereocenters. The third-order valence-corrected chi connectivity index (χ3v) is 8.40. The van der Waals surface area contributed by atoms with Crippen molar-refractivity contribution in [3.63, 3.8) is 0 Å². The minimum atomic E-state index is 0.267. The monoisotopic (exact) mass is 582 g/mol. The Bertz CT molecular complexity index is 1370. The zero-order chi connectivity index (χ0) is 31.8. The van der Waals surface area contributed by atoms with Gasteiger partial charge in [-0.05, 0) is 132 Å². The molecule has 2 aromatic carbocycles. The van der Waals surface area contributed by atoms with Crippen molar-refractivity contribution in [3.05, 3.63) is 105 Å². The van der Waals surface area contributed by atoms with Crippen molar-refractivity contribution >= 4 is 10.8 Å². The first-order valence-corrected chi connectivity index (χ1v) is 16.3. The summed E-state index contributed by atoms with van der Waals surface area (Å²) in [6, 6.07) is 7.49. The molecule has 234 valence electrons. The Morgan fingerprint density at radius 1 is 0.512 bits per heavy atom. The van der Waals surface area contributed by atoms with E-state index in [0.717, 1.165) is 68.9 Å². The summed E-state index contributed by atoms with van der Waals surface area (Å²) in [5, 5.41) is 22.9. The van der Waals surface area contributed by atoms with Gasteiger partial charge in [0.25, 0.3) is 0 Å². The molecular weight excluding hydrogens is 524 g/mol. The number of rotatable bonds is 17. The SMILES string of the molecule is CC(C)=CCCC(C)=CCCC(C)=CCCC(C)=CCCC(C)=CCCC(C)=CCc1c(C)c(O)c2ccccc2c1O. The van der Waals surface area contributed by atoms with E-state index in [-0.39, 0.29) is 11.5 Å². The van der Waals surface area contributed by atoms with Crippen LogP contribution < -0.4 is 0 Å². The van der Waals surface area contributed by atoms with Crippen LogP contribution in [0, 0.1) is 6.92 Å². The molecule has 43 heavy (non-hydrogen) atoms. The molecule has 2 rings (SSSR count). The van der Waals surface area contributed by atoms with Gasteiger partial charge in [0.1, 0.15) is 11.5 Å². The Morgan fingerprint density at radius 3 is 1.26 bits per heavy atom. The number of hydrogen-bond donors (Lipinski definition) is 2. The highest BCUT2D eigenvalue weighted by atomic mass is 16.3. The van der Waals surface area contributed by atoms with Crippen LogP contribution in [0.5, 0.6) is 11.5 Å². The van der Waals surface area contributed by atoms with Crippen LogP contribution in [0.4, 0.5) is 0 Å². The Labute approximate surface area is 263 Å². The van der Waals surface area contributed by atoms with Gasteiger partial charge in [-0.1, -0.05) is 94.2 Å². The predicted molar refractivity (Wildman–Crippen MR) is 190 cm³/mol. The van der Waals surface area contributed by atoms with E-state index in [2.05, 4.69) is 84.9 Å². The molecule has 0 aliphatic rings. The molecular formula is C41H58O2. The van der Waals surface area contributed by atoms with Gasteiger partial charge in [-0.15, -0.1) is 0 Å². The zero-order valence-electron chi connectivity index (χ0n) is 28.4. The molecule has 0 aliphatic heterocycles. The third kappa shape index (κ3) is 13.3. The van der Waals surface area contributed by atoms with Crippen LogP contribution in [-0.4, -0.2) is 10.2 Å². The zero-order valence-corrected chi connectivity index (χ0v) is 28.4. The summed E-state index contributed by atoms with van der Waals surface area (Å²) < 4.78 is 0. The van der Waals surface area contributed by atoms with Crippen LogP contribution in [0.15, 0.2) is 94.2 Å².